The molecule has 0 aromatic heterocycles. The lowest BCUT2D eigenvalue weighted by molar-refractivity contribution is 0.0782. The molecule has 2 aromatic carbocycles. The summed E-state index contributed by atoms with van der Waals surface area (Å²) in [5, 5.41) is 11.3. The van der Waals surface area contributed by atoms with Gasteiger partial charge >= 0.3 is 0 Å². The molecule has 4 heteroatoms. The molecule has 0 aliphatic carbocycles. The van der Waals surface area contributed by atoms with Crippen molar-refractivity contribution in [1.82, 2.24) is 4.90 Å². The van der Waals surface area contributed by atoms with E-state index in [4.69, 9.17) is 5.11 Å². The summed E-state index contributed by atoms with van der Waals surface area (Å²) < 4.78 is 1.04. The fraction of sp³-hybridized carbons (Fsp3) is 0.312. The van der Waals surface area contributed by atoms with Crippen molar-refractivity contribution < 1.29 is 9.90 Å². The molecule has 1 heterocycles. The number of fused-ring (bicyclic) bond motifs is 1. The molecule has 3 rings (SSSR count). The van der Waals surface area contributed by atoms with Gasteiger partial charge < -0.3 is 10.0 Å². The molecule has 104 valence electrons. The first-order valence-electron chi connectivity index (χ1n) is 6.77. The van der Waals surface area contributed by atoms with Crippen LogP contribution in [-0.2, 0) is 0 Å². The van der Waals surface area contributed by atoms with Crippen molar-refractivity contribution in [1.29, 1.82) is 0 Å². The highest BCUT2D eigenvalue weighted by atomic mass is 79.9. The second-order valence-corrected chi connectivity index (χ2v) is 6.21. The zero-order valence-electron chi connectivity index (χ0n) is 11.1. The van der Waals surface area contributed by atoms with Gasteiger partial charge in [0, 0.05) is 35.7 Å². The van der Waals surface area contributed by atoms with Crippen LogP contribution in [0.25, 0.3) is 10.8 Å². The summed E-state index contributed by atoms with van der Waals surface area (Å²) >= 11 is 3.45. The zero-order valence-corrected chi connectivity index (χ0v) is 12.6. The number of amides is 1. The van der Waals surface area contributed by atoms with Crippen LogP contribution in [0.4, 0.5) is 0 Å². The first kappa shape index (κ1) is 13.6. The first-order valence-corrected chi connectivity index (χ1v) is 7.56. The smallest absolute Gasteiger partial charge is 0.253 e. The van der Waals surface area contributed by atoms with E-state index in [9.17, 15) is 4.79 Å². The molecular weight excluding hydrogens is 318 g/mol. The topological polar surface area (TPSA) is 40.5 Å². The van der Waals surface area contributed by atoms with Crippen LogP contribution >= 0.6 is 15.9 Å². The van der Waals surface area contributed by atoms with E-state index in [1.165, 1.54) is 0 Å². The number of aliphatic hydroxyl groups excluding tert-OH is 1. The van der Waals surface area contributed by atoms with Crippen LogP contribution in [0.15, 0.2) is 40.9 Å². The molecule has 0 saturated carbocycles. The molecule has 1 atom stereocenters. The SMILES string of the molecule is O=C(c1ccc2cc(Br)ccc2c1)N1CCC(CO)C1. The van der Waals surface area contributed by atoms with E-state index in [0.29, 0.717) is 6.54 Å². The third-order valence-corrected chi connectivity index (χ3v) is 4.37. The third kappa shape index (κ3) is 2.58. The summed E-state index contributed by atoms with van der Waals surface area (Å²) in [7, 11) is 0. The number of carbonyl (C=O) groups excluding carboxylic acids is 1. The Kier molecular flexibility index (Phi) is 3.76. The third-order valence-electron chi connectivity index (χ3n) is 3.88. The molecule has 1 aliphatic heterocycles. The molecule has 3 nitrogen and oxygen atoms in total. The highest BCUT2D eigenvalue weighted by molar-refractivity contribution is 9.10. The van der Waals surface area contributed by atoms with Gasteiger partial charge in [-0.3, -0.25) is 4.79 Å². The van der Waals surface area contributed by atoms with Gasteiger partial charge in [0.1, 0.15) is 0 Å². The molecule has 0 spiro atoms. The zero-order chi connectivity index (χ0) is 14.1. The second kappa shape index (κ2) is 5.54. The number of hydrogen-bond donors (Lipinski definition) is 1. The number of hydrogen-bond acceptors (Lipinski definition) is 2. The van der Waals surface area contributed by atoms with E-state index in [0.717, 1.165) is 33.8 Å². The van der Waals surface area contributed by atoms with E-state index in [1.54, 1.807) is 0 Å². The summed E-state index contributed by atoms with van der Waals surface area (Å²) in [6, 6.07) is 11.8. The van der Waals surface area contributed by atoms with Gasteiger partial charge in [-0.05, 0) is 41.5 Å². The lowest BCUT2D eigenvalue weighted by Gasteiger charge is -2.16. The van der Waals surface area contributed by atoms with Crippen molar-refractivity contribution in [2.45, 2.75) is 6.42 Å². The number of likely N-dealkylation sites (tertiary alicyclic amines) is 1. The summed E-state index contributed by atoms with van der Waals surface area (Å²) in [5.41, 5.74) is 0.721. The predicted octanol–water partition coefficient (Wildman–Crippen LogP) is 3.06. The Morgan fingerprint density at radius 1 is 1.25 bits per heavy atom. The minimum atomic E-state index is 0.0609. The lowest BCUT2D eigenvalue weighted by atomic mass is 10.1. The number of nitrogens with zero attached hydrogens (tertiary/aromatic N) is 1. The average Bonchev–Trinajstić information content (AvgIpc) is 2.95. The number of rotatable bonds is 2. The van der Waals surface area contributed by atoms with E-state index in [1.807, 2.05) is 41.3 Å². The Balaban J connectivity index is 1.87. The Morgan fingerprint density at radius 2 is 2.00 bits per heavy atom. The van der Waals surface area contributed by atoms with Gasteiger partial charge in [0.15, 0.2) is 0 Å². The number of halogens is 1. The summed E-state index contributed by atoms with van der Waals surface area (Å²) in [6.45, 7) is 1.56. The van der Waals surface area contributed by atoms with Crippen LogP contribution in [0.5, 0.6) is 0 Å². The first-order chi connectivity index (χ1) is 9.67. The minimum Gasteiger partial charge on any atom is -0.396 e. The molecule has 1 N–H and O–H groups in total. The molecule has 2 aromatic rings. The van der Waals surface area contributed by atoms with Crippen LogP contribution in [-0.4, -0.2) is 35.6 Å². The molecule has 1 unspecified atom stereocenters. The van der Waals surface area contributed by atoms with Crippen molar-refractivity contribution in [2.75, 3.05) is 19.7 Å². The summed E-state index contributed by atoms with van der Waals surface area (Å²) in [6.07, 6.45) is 0.892. The molecule has 20 heavy (non-hydrogen) atoms. The van der Waals surface area contributed by atoms with Crippen LogP contribution < -0.4 is 0 Å². The maximum Gasteiger partial charge on any atom is 0.253 e. The highest BCUT2D eigenvalue weighted by Gasteiger charge is 2.26. The van der Waals surface area contributed by atoms with E-state index < -0.39 is 0 Å². The normalized spacial score (nSPS) is 18.7. The van der Waals surface area contributed by atoms with Gasteiger partial charge in [-0.2, -0.15) is 0 Å². The number of benzene rings is 2. The van der Waals surface area contributed by atoms with Gasteiger partial charge in [-0.25, -0.2) is 0 Å². The summed E-state index contributed by atoms with van der Waals surface area (Å²) in [4.78, 5) is 14.3. The van der Waals surface area contributed by atoms with Crippen molar-refractivity contribution in [2.24, 2.45) is 5.92 Å². The van der Waals surface area contributed by atoms with Gasteiger partial charge in [-0.1, -0.05) is 28.1 Å². The van der Waals surface area contributed by atoms with E-state index >= 15 is 0 Å². The maximum absolute atomic E-state index is 12.5. The Labute approximate surface area is 126 Å². The molecular formula is C16H16BrNO2. The quantitative estimate of drug-likeness (QED) is 0.917. The largest absolute Gasteiger partial charge is 0.396 e. The Morgan fingerprint density at radius 3 is 2.75 bits per heavy atom. The van der Waals surface area contributed by atoms with E-state index in [2.05, 4.69) is 15.9 Å². The van der Waals surface area contributed by atoms with Gasteiger partial charge in [0.25, 0.3) is 5.91 Å². The molecule has 1 amide bonds. The Hall–Kier alpha value is -1.39. The van der Waals surface area contributed by atoms with Crippen LogP contribution in [0.1, 0.15) is 16.8 Å². The molecule has 0 radical (unpaired) electrons. The molecule has 1 aliphatic rings. The minimum absolute atomic E-state index is 0.0609. The highest BCUT2D eigenvalue weighted by Crippen LogP contribution is 2.23. The van der Waals surface area contributed by atoms with Crippen molar-refractivity contribution in [3.8, 4) is 0 Å². The van der Waals surface area contributed by atoms with Crippen molar-refractivity contribution >= 4 is 32.6 Å². The van der Waals surface area contributed by atoms with Crippen LogP contribution in [0.3, 0.4) is 0 Å². The molecule has 1 fully saturated rings. The predicted molar refractivity (Wildman–Crippen MR) is 82.7 cm³/mol. The second-order valence-electron chi connectivity index (χ2n) is 5.29. The fourth-order valence-electron chi connectivity index (χ4n) is 2.70. The fourth-order valence-corrected chi connectivity index (χ4v) is 3.08. The van der Waals surface area contributed by atoms with Gasteiger partial charge in [-0.15, -0.1) is 0 Å². The molecule has 1 saturated heterocycles. The van der Waals surface area contributed by atoms with Crippen molar-refractivity contribution in [3.05, 3.63) is 46.4 Å². The monoisotopic (exact) mass is 333 g/mol. The summed E-state index contributed by atoms with van der Waals surface area (Å²) in [5.74, 6) is 0.293. The number of carbonyl (C=O) groups is 1. The van der Waals surface area contributed by atoms with E-state index in [-0.39, 0.29) is 18.4 Å². The Bertz CT molecular complexity index is 656. The van der Waals surface area contributed by atoms with Crippen LogP contribution in [0.2, 0.25) is 0 Å². The van der Waals surface area contributed by atoms with Gasteiger partial charge in [0.2, 0.25) is 0 Å². The maximum atomic E-state index is 12.5. The number of aliphatic hydroxyl groups is 1. The van der Waals surface area contributed by atoms with Crippen molar-refractivity contribution in [3.63, 3.8) is 0 Å². The molecule has 0 bridgehead atoms. The lowest BCUT2D eigenvalue weighted by Crippen LogP contribution is -2.29. The average molecular weight is 334 g/mol. The van der Waals surface area contributed by atoms with Gasteiger partial charge in [0.05, 0.1) is 0 Å². The van der Waals surface area contributed by atoms with Crippen LogP contribution in [0, 0.1) is 5.92 Å². The standard InChI is InChI=1S/C16H16BrNO2/c17-15-4-3-12-7-14(2-1-13(12)8-15)16(20)18-6-5-11(9-18)10-19/h1-4,7-8,11,19H,5-6,9-10H2.